The number of hydrogen-bond donors (Lipinski definition) is 0. The molecule has 0 saturated carbocycles. The number of hydrogen-bond acceptors (Lipinski definition) is 1. The molecule has 0 radical (unpaired) electrons. The predicted molar refractivity (Wildman–Crippen MR) is 46.4 cm³/mol. The van der Waals surface area contributed by atoms with Gasteiger partial charge in [-0.1, -0.05) is 18.6 Å². The summed E-state index contributed by atoms with van der Waals surface area (Å²) >= 11 is 0. The van der Waals surface area contributed by atoms with Crippen LogP contribution in [0.15, 0.2) is 11.6 Å². The van der Waals surface area contributed by atoms with Crippen molar-refractivity contribution in [2.45, 2.75) is 39.0 Å². The molecule has 1 aliphatic rings. The van der Waals surface area contributed by atoms with Crippen molar-refractivity contribution in [2.24, 2.45) is 5.92 Å². The Bertz CT molecular complexity index is 158. The van der Waals surface area contributed by atoms with Crippen LogP contribution in [0.25, 0.3) is 0 Å². The zero-order valence-corrected chi connectivity index (χ0v) is 7.18. The second-order valence-electron chi connectivity index (χ2n) is 3.45. The molecule has 0 N–H and O–H groups in total. The van der Waals surface area contributed by atoms with E-state index in [2.05, 4.69) is 13.0 Å². The molecule has 1 aliphatic carbocycles. The number of rotatable bonds is 3. The standard InChI is InChI=1S/C10H16O/c1-9-4-6-10(7-5-9)3-2-8-11/h6,8-9H,2-5,7H2,1H3/t9-/m0/s1. The van der Waals surface area contributed by atoms with Gasteiger partial charge in [0.25, 0.3) is 0 Å². The van der Waals surface area contributed by atoms with E-state index in [1.807, 2.05) is 0 Å². The summed E-state index contributed by atoms with van der Waals surface area (Å²) in [4.78, 5) is 10.1. The fraction of sp³-hybridized carbons (Fsp3) is 0.700. The van der Waals surface area contributed by atoms with Crippen molar-refractivity contribution in [3.63, 3.8) is 0 Å². The SMILES string of the molecule is C[C@H]1CC=C(CCC=O)CC1. The Morgan fingerprint density at radius 3 is 3.09 bits per heavy atom. The molecule has 1 nitrogen and oxygen atoms in total. The first-order valence-corrected chi connectivity index (χ1v) is 4.44. The Kier molecular flexibility index (Phi) is 3.34. The largest absolute Gasteiger partial charge is 0.303 e. The topological polar surface area (TPSA) is 17.1 Å². The molecule has 0 heterocycles. The van der Waals surface area contributed by atoms with Crippen LogP contribution >= 0.6 is 0 Å². The number of carbonyl (C=O) groups excluding carboxylic acids is 1. The Morgan fingerprint density at radius 2 is 2.55 bits per heavy atom. The van der Waals surface area contributed by atoms with E-state index < -0.39 is 0 Å². The quantitative estimate of drug-likeness (QED) is 0.449. The van der Waals surface area contributed by atoms with E-state index in [4.69, 9.17) is 0 Å². The first-order chi connectivity index (χ1) is 5.33. The minimum Gasteiger partial charge on any atom is -0.303 e. The van der Waals surface area contributed by atoms with Gasteiger partial charge in [-0.3, -0.25) is 0 Å². The van der Waals surface area contributed by atoms with E-state index in [9.17, 15) is 4.79 Å². The summed E-state index contributed by atoms with van der Waals surface area (Å²) < 4.78 is 0. The summed E-state index contributed by atoms with van der Waals surface area (Å²) in [5, 5.41) is 0. The van der Waals surface area contributed by atoms with Crippen molar-refractivity contribution in [2.75, 3.05) is 0 Å². The lowest BCUT2D eigenvalue weighted by molar-refractivity contribution is -0.107. The van der Waals surface area contributed by atoms with Gasteiger partial charge in [0.1, 0.15) is 6.29 Å². The lowest BCUT2D eigenvalue weighted by Gasteiger charge is -2.17. The molecular weight excluding hydrogens is 136 g/mol. The minimum atomic E-state index is 0.709. The van der Waals surface area contributed by atoms with Gasteiger partial charge in [-0.15, -0.1) is 0 Å². The molecule has 1 atom stereocenters. The van der Waals surface area contributed by atoms with Gasteiger partial charge in [-0.25, -0.2) is 0 Å². The summed E-state index contributed by atoms with van der Waals surface area (Å²) in [5.41, 5.74) is 1.50. The van der Waals surface area contributed by atoms with E-state index in [0.29, 0.717) is 6.42 Å². The van der Waals surface area contributed by atoms with Crippen LogP contribution < -0.4 is 0 Å². The average molecular weight is 152 g/mol. The third-order valence-electron chi connectivity index (χ3n) is 2.35. The van der Waals surface area contributed by atoms with E-state index in [0.717, 1.165) is 18.6 Å². The maximum absolute atomic E-state index is 10.1. The van der Waals surface area contributed by atoms with Gasteiger partial charge in [-0.2, -0.15) is 0 Å². The fourth-order valence-corrected chi connectivity index (χ4v) is 1.49. The number of allylic oxidation sites excluding steroid dienone is 2. The van der Waals surface area contributed by atoms with Crippen LogP contribution in [-0.4, -0.2) is 6.29 Å². The smallest absolute Gasteiger partial charge is 0.120 e. The Morgan fingerprint density at radius 1 is 1.73 bits per heavy atom. The molecule has 0 aromatic rings. The highest BCUT2D eigenvalue weighted by Crippen LogP contribution is 2.25. The lowest BCUT2D eigenvalue weighted by atomic mass is 9.89. The molecule has 0 fully saturated rings. The van der Waals surface area contributed by atoms with Gasteiger partial charge < -0.3 is 4.79 Å². The van der Waals surface area contributed by atoms with Crippen LogP contribution in [-0.2, 0) is 4.79 Å². The molecule has 0 aliphatic heterocycles. The van der Waals surface area contributed by atoms with Crippen LogP contribution in [0.4, 0.5) is 0 Å². The highest BCUT2D eigenvalue weighted by atomic mass is 16.1. The van der Waals surface area contributed by atoms with Gasteiger partial charge >= 0.3 is 0 Å². The molecular formula is C10H16O. The maximum atomic E-state index is 10.1. The number of aldehydes is 1. The second kappa shape index (κ2) is 4.32. The summed E-state index contributed by atoms with van der Waals surface area (Å²) in [7, 11) is 0. The predicted octanol–water partition coefficient (Wildman–Crippen LogP) is 2.71. The van der Waals surface area contributed by atoms with Gasteiger partial charge in [0.2, 0.25) is 0 Å². The number of carbonyl (C=O) groups is 1. The van der Waals surface area contributed by atoms with Gasteiger partial charge in [0, 0.05) is 6.42 Å². The molecule has 62 valence electrons. The fourth-order valence-electron chi connectivity index (χ4n) is 1.49. The molecule has 0 aromatic carbocycles. The van der Waals surface area contributed by atoms with Crippen LogP contribution in [0.3, 0.4) is 0 Å². The minimum absolute atomic E-state index is 0.709. The maximum Gasteiger partial charge on any atom is 0.120 e. The zero-order valence-electron chi connectivity index (χ0n) is 7.18. The molecule has 0 unspecified atom stereocenters. The summed E-state index contributed by atoms with van der Waals surface area (Å²) in [5.74, 6) is 0.856. The average Bonchev–Trinajstić information content (AvgIpc) is 2.04. The van der Waals surface area contributed by atoms with E-state index >= 15 is 0 Å². The van der Waals surface area contributed by atoms with Crippen molar-refractivity contribution < 1.29 is 4.79 Å². The van der Waals surface area contributed by atoms with Crippen molar-refractivity contribution in [3.05, 3.63) is 11.6 Å². The first-order valence-electron chi connectivity index (χ1n) is 4.44. The molecule has 0 saturated heterocycles. The molecule has 1 heteroatoms. The summed E-state index contributed by atoms with van der Waals surface area (Å²) in [6.07, 6.45) is 8.78. The zero-order chi connectivity index (χ0) is 8.10. The van der Waals surface area contributed by atoms with Gasteiger partial charge in [0.05, 0.1) is 0 Å². The first kappa shape index (κ1) is 8.51. The monoisotopic (exact) mass is 152 g/mol. The molecule has 11 heavy (non-hydrogen) atoms. The highest BCUT2D eigenvalue weighted by molar-refractivity contribution is 5.49. The second-order valence-corrected chi connectivity index (χ2v) is 3.45. The van der Waals surface area contributed by atoms with Crippen molar-refractivity contribution in [1.82, 2.24) is 0 Å². The van der Waals surface area contributed by atoms with Gasteiger partial charge in [-0.05, 0) is 31.6 Å². The van der Waals surface area contributed by atoms with Crippen molar-refractivity contribution in [1.29, 1.82) is 0 Å². The highest BCUT2D eigenvalue weighted by Gasteiger charge is 2.08. The van der Waals surface area contributed by atoms with E-state index in [-0.39, 0.29) is 0 Å². The Balaban J connectivity index is 2.29. The lowest BCUT2D eigenvalue weighted by Crippen LogP contribution is -2.01. The Labute approximate surface area is 68.5 Å². The third-order valence-corrected chi connectivity index (χ3v) is 2.35. The molecule has 0 aromatic heterocycles. The van der Waals surface area contributed by atoms with Crippen molar-refractivity contribution in [3.8, 4) is 0 Å². The Hall–Kier alpha value is -0.590. The van der Waals surface area contributed by atoms with Crippen LogP contribution in [0.1, 0.15) is 39.0 Å². The summed E-state index contributed by atoms with van der Waals surface area (Å²) in [6, 6.07) is 0. The molecule has 1 rings (SSSR count). The van der Waals surface area contributed by atoms with Crippen molar-refractivity contribution >= 4 is 6.29 Å². The van der Waals surface area contributed by atoms with E-state index in [1.54, 1.807) is 0 Å². The van der Waals surface area contributed by atoms with Crippen LogP contribution in [0, 0.1) is 5.92 Å². The van der Waals surface area contributed by atoms with Gasteiger partial charge in [0.15, 0.2) is 0 Å². The van der Waals surface area contributed by atoms with E-state index in [1.165, 1.54) is 24.8 Å². The normalized spacial score (nSPS) is 24.5. The third kappa shape index (κ3) is 2.87. The van der Waals surface area contributed by atoms with Crippen LogP contribution in [0.2, 0.25) is 0 Å². The molecule has 0 bridgehead atoms. The molecule has 0 amide bonds. The summed E-state index contributed by atoms with van der Waals surface area (Å²) in [6.45, 7) is 2.28. The van der Waals surface area contributed by atoms with Crippen LogP contribution in [0.5, 0.6) is 0 Å². The molecule has 0 spiro atoms.